The Morgan fingerprint density at radius 3 is 2.61 bits per heavy atom. The third kappa shape index (κ3) is 3.80. The third-order valence-corrected chi connectivity index (χ3v) is 6.93. The smallest absolute Gasteiger partial charge is 0.296 e. The number of rotatable bonds is 7. The fourth-order valence-corrected chi connectivity index (χ4v) is 4.97. The summed E-state index contributed by atoms with van der Waals surface area (Å²) >= 11 is 2.62. The van der Waals surface area contributed by atoms with Crippen LogP contribution < -0.4 is 9.64 Å². The molecule has 8 heteroatoms. The molecular formula is C23H20N2O4S2. The van der Waals surface area contributed by atoms with Crippen LogP contribution in [-0.4, -0.2) is 28.4 Å². The van der Waals surface area contributed by atoms with Crippen LogP contribution in [0, 0.1) is 13.8 Å². The number of aryl methyl sites for hydroxylation is 2. The van der Waals surface area contributed by atoms with Crippen LogP contribution in [0.2, 0.25) is 0 Å². The third-order valence-electron chi connectivity index (χ3n) is 4.98. The maximum atomic E-state index is 13.3. The second kappa shape index (κ2) is 8.49. The highest BCUT2D eigenvalue weighted by molar-refractivity contribution is 7.16. The van der Waals surface area contributed by atoms with Gasteiger partial charge >= 0.3 is 0 Å². The van der Waals surface area contributed by atoms with Crippen LogP contribution >= 0.6 is 22.7 Å². The Labute approximate surface area is 187 Å². The maximum Gasteiger partial charge on any atom is 0.296 e. The minimum atomic E-state index is -0.791. The SMILES string of the molecule is C=CCOc1ccc(C2C(C(=O)c3cccs3)=C(O)C(=O)N2c2nc(C)c(C)s2)cc1. The van der Waals surface area contributed by atoms with Crippen LogP contribution in [0.1, 0.15) is 31.8 Å². The number of Topliss-reactive ketones (excluding diaryl/α,β-unsaturated/α-hetero) is 1. The van der Waals surface area contributed by atoms with Gasteiger partial charge in [0, 0.05) is 4.88 Å². The number of carbonyl (C=O) groups is 2. The van der Waals surface area contributed by atoms with Crippen molar-refractivity contribution in [2.75, 3.05) is 11.5 Å². The molecule has 1 N–H and O–H groups in total. The van der Waals surface area contributed by atoms with Gasteiger partial charge in [0.05, 0.1) is 22.2 Å². The number of amides is 1. The van der Waals surface area contributed by atoms with Gasteiger partial charge in [-0.2, -0.15) is 0 Å². The molecule has 3 heterocycles. The van der Waals surface area contributed by atoms with Crippen molar-refractivity contribution < 1.29 is 19.4 Å². The predicted octanol–water partition coefficient (Wildman–Crippen LogP) is 5.17. The summed E-state index contributed by atoms with van der Waals surface area (Å²) in [5.41, 5.74) is 1.53. The minimum absolute atomic E-state index is 0.0534. The van der Waals surface area contributed by atoms with Crippen molar-refractivity contribution in [3.8, 4) is 5.75 Å². The number of thiophene rings is 1. The van der Waals surface area contributed by atoms with Crippen molar-refractivity contribution in [1.29, 1.82) is 0 Å². The molecule has 4 rings (SSSR count). The van der Waals surface area contributed by atoms with E-state index in [1.165, 1.54) is 27.6 Å². The van der Waals surface area contributed by atoms with Gasteiger partial charge in [-0.1, -0.05) is 30.9 Å². The fraction of sp³-hybridized carbons (Fsp3) is 0.174. The summed E-state index contributed by atoms with van der Waals surface area (Å²) < 4.78 is 5.54. The average Bonchev–Trinajstić information content (AvgIpc) is 3.47. The van der Waals surface area contributed by atoms with E-state index in [2.05, 4.69) is 11.6 Å². The molecule has 31 heavy (non-hydrogen) atoms. The molecule has 0 spiro atoms. The first-order chi connectivity index (χ1) is 14.9. The number of nitrogens with zero attached hydrogens (tertiary/aromatic N) is 2. The van der Waals surface area contributed by atoms with Gasteiger partial charge in [-0.15, -0.1) is 22.7 Å². The molecular weight excluding hydrogens is 432 g/mol. The Balaban J connectivity index is 1.82. The van der Waals surface area contributed by atoms with E-state index in [9.17, 15) is 14.7 Å². The van der Waals surface area contributed by atoms with Crippen molar-refractivity contribution in [1.82, 2.24) is 4.98 Å². The van der Waals surface area contributed by atoms with Gasteiger partial charge in [0.25, 0.3) is 5.91 Å². The summed E-state index contributed by atoms with van der Waals surface area (Å²) in [6.07, 6.45) is 1.65. The van der Waals surface area contributed by atoms with E-state index in [1.54, 1.807) is 47.9 Å². The molecule has 1 aliphatic heterocycles. The van der Waals surface area contributed by atoms with Gasteiger partial charge in [0.15, 0.2) is 10.9 Å². The summed E-state index contributed by atoms with van der Waals surface area (Å²) in [7, 11) is 0. The number of aliphatic hydroxyl groups excluding tert-OH is 1. The van der Waals surface area contributed by atoms with Crippen LogP contribution in [0.15, 0.2) is 65.8 Å². The largest absolute Gasteiger partial charge is 0.503 e. The standard InChI is InChI=1S/C23H20N2O4S2/c1-4-11-29-16-9-7-15(8-10-16)19-18(20(26)17-6-5-12-30-17)21(27)22(28)25(19)23-24-13(2)14(3)31-23/h4-10,12,19,27H,1,11H2,2-3H3. The molecule has 0 saturated carbocycles. The lowest BCUT2D eigenvalue weighted by molar-refractivity contribution is -0.117. The molecule has 3 aromatic rings. The van der Waals surface area contributed by atoms with Gasteiger partial charge in [0.1, 0.15) is 12.4 Å². The Kier molecular flexibility index (Phi) is 5.75. The molecule has 0 radical (unpaired) electrons. The highest BCUT2D eigenvalue weighted by Gasteiger charge is 2.46. The van der Waals surface area contributed by atoms with Gasteiger partial charge in [-0.05, 0) is 43.0 Å². The number of hydrogen-bond donors (Lipinski definition) is 1. The molecule has 6 nitrogen and oxygen atoms in total. The molecule has 2 aromatic heterocycles. The molecule has 1 atom stereocenters. The summed E-state index contributed by atoms with van der Waals surface area (Å²) in [6.45, 7) is 7.78. The molecule has 0 saturated heterocycles. The summed E-state index contributed by atoms with van der Waals surface area (Å²) in [5, 5.41) is 13.0. The van der Waals surface area contributed by atoms with Crippen molar-refractivity contribution in [3.05, 3.63) is 86.8 Å². The lowest BCUT2D eigenvalue weighted by Crippen LogP contribution is -2.31. The Morgan fingerprint density at radius 2 is 2.03 bits per heavy atom. The first-order valence-corrected chi connectivity index (χ1v) is 11.2. The minimum Gasteiger partial charge on any atom is -0.503 e. The van der Waals surface area contributed by atoms with Crippen molar-refractivity contribution in [3.63, 3.8) is 0 Å². The zero-order valence-electron chi connectivity index (χ0n) is 17.0. The number of carbonyl (C=O) groups excluding carboxylic acids is 2. The van der Waals surface area contributed by atoms with E-state index in [4.69, 9.17) is 4.74 Å². The van der Waals surface area contributed by atoms with Crippen molar-refractivity contribution in [2.45, 2.75) is 19.9 Å². The predicted molar refractivity (Wildman–Crippen MR) is 122 cm³/mol. The lowest BCUT2D eigenvalue weighted by Gasteiger charge is -2.24. The molecule has 0 aliphatic carbocycles. The van der Waals surface area contributed by atoms with E-state index in [0.717, 1.165) is 10.6 Å². The van der Waals surface area contributed by atoms with E-state index in [-0.39, 0.29) is 11.4 Å². The highest BCUT2D eigenvalue weighted by atomic mass is 32.1. The quantitative estimate of drug-likeness (QED) is 0.395. The highest BCUT2D eigenvalue weighted by Crippen LogP contribution is 2.44. The van der Waals surface area contributed by atoms with Crippen LogP contribution in [0.5, 0.6) is 5.75 Å². The zero-order valence-corrected chi connectivity index (χ0v) is 18.6. The number of ether oxygens (including phenoxy) is 1. The van der Waals surface area contributed by atoms with Crippen molar-refractivity contribution >= 4 is 39.5 Å². The van der Waals surface area contributed by atoms with Crippen LogP contribution in [0.25, 0.3) is 0 Å². The molecule has 158 valence electrons. The Bertz CT molecular complexity index is 1160. The maximum absolute atomic E-state index is 13.3. The number of aliphatic hydroxyl groups is 1. The number of benzene rings is 1. The zero-order chi connectivity index (χ0) is 22.1. The monoisotopic (exact) mass is 452 g/mol. The first kappa shape index (κ1) is 21.0. The van der Waals surface area contributed by atoms with Crippen molar-refractivity contribution in [2.24, 2.45) is 0 Å². The van der Waals surface area contributed by atoms with Crippen LogP contribution in [-0.2, 0) is 4.79 Å². The molecule has 1 aromatic carbocycles. The Morgan fingerprint density at radius 1 is 1.29 bits per heavy atom. The van der Waals surface area contributed by atoms with Crippen LogP contribution in [0.4, 0.5) is 5.13 Å². The van der Waals surface area contributed by atoms with E-state index >= 15 is 0 Å². The number of aromatic nitrogens is 1. The topological polar surface area (TPSA) is 79.7 Å². The second-order valence-corrected chi connectivity index (χ2v) is 9.08. The Hall–Kier alpha value is -3.23. The molecule has 1 unspecified atom stereocenters. The van der Waals surface area contributed by atoms with Gasteiger partial charge in [-0.3, -0.25) is 14.5 Å². The number of ketones is 1. The second-order valence-electron chi connectivity index (χ2n) is 6.95. The van der Waals surface area contributed by atoms with E-state index in [0.29, 0.717) is 27.9 Å². The molecule has 1 amide bonds. The molecule has 0 bridgehead atoms. The molecule has 1 aliphatic rings. The van der Waals surface area contributed by atoms with E-state index < -0.39 is 17.7 Å². The lowest BCUT2D eigenvalue weighted by atomic mass is 9.95. The van der Waals surface area contributed by atoms with Gasteiger partial charge in [-0.25, -0.2) is 4.98 Å². The number of anilines is 1. The van der Waals surface area contributed by atoms with Crippen LogP contribution in [0.3, 0.4) is 0 Å². The normalized spacial score (nSPS) is 16.1. The van der Waals surface area contributed by atoms with Gasteiger partial charge < -0.3 is 9.84 Å². The first-order valence-electron chi connectivity index (χ1n) is 9.55. The summed E-state index contributed by atoms with van der Waals surface area (Å²) in [5.74, 6) is -0.906. The fourth-order valence-electron chi connectivity index (χ4n) is 3.35. The van der Waals surface area contributed by atoms with E-state index in [1.807, 2.05) is 13.8 Å². The number of hydrogen-bond acceptors (Lipinski definition) is 7. The van der Waals surface area contributed by atoms with Gasteiger partial charge in [0.2, 0.25) is 5.78 Å². The summed E-state index contributed by atoms with van der Waals surface area (Å²) in [6, 6.07) is 9.76. The number of thiazole rings is 1. The summed E-state index contributed by atoms with van der Waals surface area (Å²) in [4.78, 5) is 33.7. The molecule has 0 fully saturated rings. The average molecular weight is 453 g/mol.